The predicted molar refractivity (Wildman–Crippen MR) is 57.3 cm³/mol. The molecule has 0 fully saturated rings. The van der Waals surface area contributed by atoms with E-state index in [1.807, 2.05) is 0 Å². The highest BCUT2D eigenvalue weighted by Gasteiger charge is 2.44. The number of carbonyl (C=O) groups is 1. The molecule has 0 unspecified atom stereocenters. The van der Waals surface area contributed by atoms with Crippen molar-refractivity contribution in [2.75, 3.05) is 25.2 Å². The van der Waals surface area contributed by atoms with Crippen LogP contribution in [0.2, 0.25) is 0 Å². The van der Waals surface area contributed by atoms with Crippen molar-refractivity contribution in [2.24, 2.45) is 0 Å². The molecule has 0 aliphatic rings. The molecule has 0 saturated heterocycles. The van der Waals surface area contributed by atoms with Gasteiger partial charge in [-0.1, -0.05) is 0 Å². The van der Waals surface area contributed by atoms with Gasteiger partial charge in [0.25, 0.3) is 0 Å². The molecule has 0 aliphatic carbocycles. The maximum atomic E-state index is 13.4. The summed E-state index contributed by atoms with van der Waals surface area (Å²) in [4.78, 5) is 11.1. The van der Waals surface area contributed by atoms with E-state index in [-0.39, 0.29) is 4.90 Å². The molecule has 0 radical (unpaired) electrons. The molecule has 1 rings (SSSR count). The standard InChI is InChI=1S/C11H9F6NO2/c1-20-9-7(3-2-6(13)8(9)14)18(5-4-12)10(19)11(15,16)17/h2-3H,4-5H2,1H3. The summed E-state index contributed by atoms with van der Waals surface area (Å²) in [7, 11) is 0.882. The van der Waals surface area contributed by atoms with Crippen molar-refractivity contribution in [1.82, 2.24) is 0 Å². The Kier molecular flexibility index (Phi) is 4.85. The van der Waals surface area contributed by atoms with Gasteiger partial charge in [0.05, 0.1) is 19.3 Å². The zero-order chi connectivity index (χ0) is 15.5. The third-order valence-electron chi connectivity index (χ3n) is 2.32. The number of alkyl halides is 4. The maximum Gasteiger partial charge on any atom is 0.471 e. The van der Waals surface area contributed by atoms with E-state index in [0.29, 0.717) is 12.1 Å². The number of benzene rings is 1. The topological polar surface area (TPSA) is 29.5 Å². The summed E-state index contributed by atoms with van der Waals surface area (Å²) in [6.45, 7) is -2.27. The normalized spacial score (nSPS) is 11.3. The average molecular weight is 301 g/mol. The zero-order valence-electron chi connectivity index (χ0n) is 10.1. The Labute approximate surface area is 109 Å². The number of ether oxygens (including phenoxy) is 1. The number of nitrogens with zero attached hydrogens (tertiary/aromatic N) is 1. The Balaban J connectivity index is 3.36. The van der Waals surface area contributed by atoms with Crippen LogP contribution in [-0.4, -0.2) is 32.4 Å². The van der Waals surface area contributed by atoms with Gasteiger partial charge >= 0.3 is 12.1 Å². The molecule has 9 heteroatoms. The minimum atomic E-state index is -5.29. The number of hydrogen-bond donors (Lipinski definition) is 0. The van der Waals surface area contributed by atoms with Gasteiger partial charge in [-0.2, -0.15) is 17.6 Å². The molecule has 0 saturated carbocycles. The van der Waals surface area contributed by atoms with E-state index in [1.54, 1.807) is 0 Å². The SMILES string of the molecule is COc1c(N(CCF)C(=O)C(F)(F)F)ccc(F)c1F. The number of hydrogen-bond acceptors (Lipinski definition) is 2. The first kappa shape index (κ1) is 16.1. The van der Waals surface area contributed by atoms with E-state index in [4.69, 9.17) is 0 Å². The van der Waals surface area contributed by atoms with Gasteiger partial charge in [0, 0.05) is 0 Å². The van der Waals surface area contributed by atoms with Gasteiger partial charge < -0.3 is 4.74 Å². The second-order valence-electron chi connectivity index (χ2n) is 3.56. The predicted octanol–water partition coefficient (Wildman–Crippen LogP) is 2.84. The highest BCUT2D eigenvalue weighted by atomic mass is 19.4. The number of halogens is 6. The van der Waals surface area contributed by atoms with Crippen molar-refractivity contribution < 1.29 is 35.9 Å². The molecular weight excluding hydrogens is 292 g/mol. The fraction of sp³-hybridized carbons (Fsp3) is 0.364. The van der Waals surface area contributed by atoms with Gasteiger partial charge in [-0.05, 0) is 12.1 Å². The molecule has 0 atom stereocenters. The fourth-order valence-electron chi connectivity index (χ4n) is 1.50. The van der Waals surface area contributed by atoms with Crippen LogP contribution in [0.3, 0.4) is 0 Å². The molecule has 20 heavy (non-hydrogen) atoms. The first-order valence-corrected chi connectivity index (χ1v) is 5.20. The van der Waals surface area contributed by atoms with Crippen LogP contribution in [0.5, 0.6) is 5.75 Å². The van der Waals surface area contributed by atoms with E-state index >= 15 is 0 Å². The number of amides is 1. The second-order valence-corrected chi connectivity index (χ2v) is 3.56. The van der Waals surface area contributed by atoms with Crippen molar-refractivity contribution in [3.63, 3.8) is 0 Å². The molecule has 0 aromatic heterocycles. The molecule has 0 heterocycles. The van der Waals surface area contributed by atoms with Crippen LogP contribution in [0.15, 0.2) is 12.1 Å². The molecule has 112 valence electrons. The molecular formula is C11H9F6NO2. The Hall–Kier alpha value is -1.93. The zero-order valence-corrected chi connectivity index (χ0v) is 10.1. The molecule has 1 aromatic carbocycles. The van der Waals surface area contributed by atoms with E-state index in [0.717, 1.165) is 7.11 Å². The van der Waals surface area contributed by atoms with Crippen molar-refractivity contribution in [3.05, 3.63) is 23.8 Å². The summed E-state index contributed by atoms with van der Waals surface area (Å²) < 4.78 is 80.4. The van der Waals surface area contributed by atoms with Crippen LogP contribution in [0, 0.1) is 11.6 Å². The van der Waals surface area contributed by atoms with E-state index in [9.17, 15) is 31.1 Å². The summed E-state index contributed by atoms with van der Waals surface area (Å²) in [5.41, 5.74) is -0.702. The molecule has 1 aromatic rings. The first-order chi connectivity index (χ1) is 9.23. The van der Waals surface area contributed by atoms with Crippen molar-refractivity contribution >= 4 is 11.6 Å². The number of methoxy groups -OCH3 is 1. The van der Waals surface area contributed by atoms with Crippen molar-refractivity contribution in [2.45, 2.75) is 6.18 Å². The van der Waals surface area contributed by atoms with Gasteiger partial charge in [-0.25, -0.2) is 8.78 Å². The highest BCUT2D eigenvalue weighted by molar-refractivity contribution is 5.98. The van der Waals surface area contributed by atoms with Crippen LogP contribution in [0.25, 0.3) is 0 Å². The third kappa shape index (κ3) is 3.14. The monoisotopic (exact) mass is 301 g/mol. The van der Waals surface area contributed by atoms with E-state index in [1.165, 1.54) is 0 Å². The van der Waals surface area contributed by atoms with Crippen LogP contribution in [0.4, 0.5) is 32.0 Å². The maximum absolute atomic E-state index is 13.4. The highest BCUT2D eigenvalue weighted by Crippen LogP contribution is 2.34. The first-order valence-electron chi connectivity index (χ1n) is 5.20. The lowest BCUT2D eigenvalue weighted by Gasteiger charge is -2.24. The molecule has 3 nitrogen and oxygen atoms in total. The smallest absolute Gasteiger partial charge is 0.471 e. The molecule has 0 bridgehead atoms. The Morgan fingerprint density at radius 2 is 1.90 bits per heavy atom. The average Bonchev–Trinajstić information content (AvgIpc) is 2.37. The Morgan fingerprint density at radius 3 is 2.35 bits per heavy atom. The van der Waals surface area contributed by atoms with Gasteiger partial charge in [0.2, 0.25) is 5.82 Å². The fourth-order valence-corrected chi connectivity index (χ4v) is 1.50. The Bertz CT molecular complexity index is 502. The largest absolute Gasteiger partial charge is 0.491 e. The van der Waals surface area contributed by atoms with Crippen LogP contribution in [0.1, 0.15) is 0 Å². The van der Waals surface area contributed by atoms with E-state index in [2.05, 4.69) is 4.74 Å². The van der Waals surface area contributed by atoms with Crippen molar-refractivity contribution in [3.8, 4) is 5.75 Å². The summed E-state index contributed by atoms with van der Waals surface area (Å²) in [6, 6.07) is 1.22. The van der Waals surface area contributed by atoms with E-state index < -0.39 is 48.4 Å². The molecule has 0 spiro atoms. The molecule has 1 amide bonds. The second kappa shape index (κ2) is 6.02. The Morgan fingerprint density at radius 1 is 1.30 bits per heavy atom. The molecule has 0 N–H and O–H groups in total. The minimum Gasteiger partial charge on any atom is -0.491 e. The minimum absolute atomic E-state index is 0.0542. The van der Waals surface area contributed by atoms with Gasteiger partial charge in [-0.3, -0.25) is 9.69 Å². The van der Waals surface area contributed by atoms with Gasteiger partial charge in [-0.15, -0.1) is 0 Å². The third-order valence-corrected chi connectivity index (χ3v) is 2.32. The lowest BCUT2D eigenvalue weighted by Crippen LogP contribution is -2.42. The number of carbonyl (C=O) groups excluding carboxylic acids is 1. The van der Waals surface area contributed by atoms with Crippen LogP contribution >= 0.6 is 0 Å². The van der Waals surface area contributed by atoms with Crippen LogP contribution < -0.4 is 9.64 Å². The van der Waals surface area contributed by atoms with Crippen LogP contribution in [-0.2, 0) is 4.79 Å². The number of anilines is 1. The summed E-state index contributed by atoms with van der Waals surface area (Å²) >= 11 is 0. The van der Waals surface area contributed by atoms with Gasteiger partial charge in [0.1, 0.15) is 6.67 Å². The lowest BCUT2D eigenvalue weighted by atomic mass is 10.2. The summed E-state index contributed by atoms with van der Waals surface area (Å²) in [5.74, 6) is -6.25. The quantitative estimate of drug-likeness (QED) is 0.800. The summed E-state index contributed by atoms with van der Waals surface area (Å²) in [5, 5.41) is 0. The number of rotatable bonds is 4. The molecule has 0 aliphatic heterocycles. The lowest BCUT2D eigenvalue weighted by molar-refractivity contribution is -0.170. The van der Waals surface area contributed by atoms with Crippen molar-refractivity contribution in [1.29, 1.82) is 0 Å². The summed E-state index contributed by atoms with van der Waals surface area (Å²) in [6.07, 6.45) is -5.29. The van der Waals surface area contributed by atoms with Gasteiger partial charge in [0.15, 0.2) is 11.6 Å².